The number of carbonyl (C=O) groups excluding carboxylic acids is 1. The van der Waals surface area contributed by atoms with E-state index in [1.54, 1.807) is 21.3 Å². The quantitative estimate of drug-likeness (QED) is 0.782. The van der Waals surface area contributed by atoms with Gasteiger partial charge in [0.05, 0.1) is 37.2 Å². The molecule has 7 nitrogen and oxygen atoms in total. The largest absolute Gasteiger partial charge is 0.493 e. The van der Waals surface area contributed by atoms with Crippen molar-refractivity contribution in [1.82, 2.24) is 9.88 Å². The average molecular weight is 428 g/mol. The lowest BCUT2D eigenvalue weighted by molar-refractivity contribution is -0.139. The zero-order chi connectivity index (χ0) is 22.0. The van der Waals surface area contributed by atoms with Crippen LogP contribution in [0.4, 0.5) is 5.69 Å². The van der Waals surface area contributed by atoms with Crippen molar-refractivity contribution in [2.75, 3.05) is 40.2 Å². The molecule has 0 unspecified atom stereocenters. The maximum Gasteiger partial charge on any atom is 0.225 e. The van der Waals surface area contributed by atoms with Crippen LogP contribution in [0.15, 0.2) is 18.2 Å². The molecule has 2 heterocycles. The van der Waals surface area contributed by atoms with Crippen molar-refractivity contribution in [3.8, 4) is 11.5 Å². The third-order valence-electron chi connectivity index (χ3n) is 6.81. The summed E-state index contributed by atoms with van der Waals surface area (Å²) in [6.07, 6.45) is 6.03. The molecule has 2 N–H and O–H groups in total. The predicted molar refractivity (Wildman–Crippen MR) is 121 cm³/mol. The van der Waals surface area contributed by atoms with Gasteiger partial charge in [0.2, 0.25) is 5.91 Å². The number of pyridine rings is 1. The molecule has 1 aromatic heterocycles. The van der Waals surface area contributed by atoms with Crippen LogP contribution in [0.3, 0.4) is 0 Å². The van der Waals surface area contributed by atoms with Crippen molar-refractivity contribution in [2.24, 2.45) is 5.92 Å². The summed E-state index contributed by atoms with van der Waals surface area (Å²) in [4.78, 5) is 20.2. The van der Waals surface area contributed by atoms with Gasteiger partial charge in [-0.05, 0) is 44.2 Å². The Morgan fingerprint density at radius 1 is 1.06 bits per heavy atom. The van der Waals surface area contributed by atoms with Gasteiger partial charge in [-0.25, -0.2) is 0 Å². The SMILES string of the molecule is COc1cc2cc(N)c([C@H]3CCCN(C(=O)[C@H]4CCC[C@H](OC)C4)C3)nc2cc1OC. The lowest BCUT2D eigenvalue weighted by atomic mass is 9.85. The molecule has 31 heavy (non-hydrogen) atoms. The highest BCUT2D eigenvalue weighted by Crippen LogP contribution is 2.37. The third kappa shape index (κ3) is 4.42. The van der Waals surface area contributed by atoms with Gasteiger partial charge in [0.1, 0.15) is 0 Å². The molecule has 168 valence electrons. The van der Waals surface area contributed by atoms with Gasteiger partial charge in [0.15, 0.2) is 11.5 Å². The van der Waals surface area contributed by atoms with Crippen LogP contribution < -0.4 is 15.2 Å². The highest BCUT2D eigenvalue weighted by atomic mass is 16.5. The predicted octanol–water partition coefficient (Wildman–Crippen LogP) is 3.75. The number of nitrogens with zero attached hydrogens (tertiary/aromatic N) is 2. The van der Waals surface area contributed by atoms with E-state index in [-0.39, 0.29) is 23.8 Å². The van der Waals surface area contributed by atoms with Gasteiger partial charge >= 0.3 is 0 Å². The van der Waals surface area contributed by atoms with Crippen molar-refractivity contribution in [1.29, 1.82) is 0 Å². The van der Waals surface area contributed by atoms with Crippen molar-refractivity contribution in [3.05, 3.63) is 23.9 Å². The third-order valence-corrected chi connectivity index (χ3v) is 6.81. The molecule has 7 heteroatoms. The molecule has 0 bridgehead atoms. The zero-order valence-corrected chi connectivity index (χ0v) is 18.7. The fourth-order valence-corrected chi connectivity index (χ4v) is 5.10. The average Bonchev–Trinajstić information content (AvgIpc) is 2.82. The molecule has 0 spiro atoms. The molecule has 0 radical (unpaired) electrons. The number of anilines is 1. The number of methoxy groups -OCH3 is 3. The number of aromatic nitrogens is 1. The standard InChI is InChI=1S/C24H33N3O4/c1-29-18-8-4-6-15(10-18)24(28)27-9-5-7-16(14-27)23-19(25)11-17-12-21(30-2)22(31-3)13-20(17)26-23/h11-13,15-16,18H,4-10,14,25H2,1-3H3/t15-,16-,18-/m0/s1. The fourth-order valence-electron chi connectivity index (χ4n) is 5.10. The summed E-state index contributed by atoms with van der Waals surface area (Å²) in [5.74, 6) is 1.76. The lowest BCUT2D eigenvalue weighted by Crippen LogP contribution is -2.44. The molecular formula is C24H33N3O4. The number of likely N-dealkylation sites (tertiary alicyclic amines) is 1. The molecule has 3 atom stereocenters. The minimum Gasteiger partial charge on any atom is -0.493 e. The van der Waals surface area contributed by atoms with Gasteiger partial charge in [0, 0.05) is 43.5 Å². The maximum atomic E-state index is 13.2. The second kappa shape index (κ2) is 9.30. The van der Waals surface area contributed by atoms with E-state index in [1.165, 1.54) is 0 Å². The number of hydrogen-bond acceptors (Lipinski definition) is 6. The highest BCUT2D eigenvalue weighted by Gasteiger charge is 2.34. The Morgan fingerprint density at radius 2 is 1.84 bits per heavy atom. The molecule has 4 rings (SSSR count). The summed E-state index contributed by atoms with van der Waals surface area (Å²) in [7, 11) is 4.97. The van der Waals surface area contributed by atoms with Crippen molar-refractivity contribution in [2.45, 2.75) is 50.5 Å². The number of nitrogen functional groups attached to an aromatic ring is 1. The molecule has 1 aromatic carbocycles. The number of nitrogens with two attached hydrogens (primary N) is 1. The van der Waals surface area contributed by atoms with Gasteiger partial charge in [-0.1, -0.05) is 6.42 Å². The van der Waals surface area contributed by atoms with Crippen LogP contribution in [0.2, 0.25) is 0 Å². The van der Waals surface area contributed by atoms with E-state index in [0.29, 0.717) is 23.7 Å². The topological polar surface area (TPSA) is 86.9 Å². The Balaban J connectivity index is 1.56. The summed E-state index contributed by atoms with van der Waals surface area (Å²) in [5.41, 5.74) is 8.78. The van der Waals surface area contributed by atoms with Crippen LogP contribution in [0.1, 0.15) is 50.1 Å². The van der Waals surface area contributed by atoms with E-state index in [4.69, 9.17) is 24.9 Å². The van der Waals surface area contributed by atoms with E-state index in [1.807, 2.05) is 23.1 Å². The van der Waals surface area contributed by atoms with Crippen molar-refractivity contribution < 1.29 is 19.0 Å². The molecule has 1 saturated heterocycles. The Hall–Kier alpha value is -2.54. The second-order valence-corrected chi connectivity index (χ2v) is 8.71. The first-order chi connectivity index (χ1) is 15.0. The molecule has 1 aliphatic heterocycles. The first-order valence-electron chi connectivity index (χ1n) is 11.2. The summed E-state index contributed by atoms with van der Waals surface area (Å²) in [5, 5.41) is 0.912. The lowest BCUT2D eigenvalue weighted by Gasteiger charge is -2.37. The van der Waals surface area contributed by atoms with E-state index in [9.17, 15) is 4.79 Å². The first kappa shape index (κ1) is 21.7. The van der Waals surface area contributed by atoms with Crippen LogP contribution >= 0.6 is 0 Å². The monoisotopic (exact) mass is 427 g/mol. The number of benzene rings is 1. The van der Waals surface area contributed by atoms with E-state index in [2.05, 4.69) is 0 Å². The van der Waals surface area contributed by atoms with E-state index < -0.39 is 0 Å². The molecular weight excluding hydrogens is 394 g/mol. The summed E-state index contributed by atoms with van der Waals surface area (Å²) in [6, 6.07) is 5.73. The normalized spacial score (nSPS) is 24.2. The van der Waals surface area contributed by atoms with Crippen LogP contribution in [0, 0.1) is 5.92 Å². The summed E-state index contributed by atoms with van der Waals surface area (Å²) >= 11 is 0. The number of carbonyl (C=O) groups is 1. The van der Waals surface area contributed by atoms with Crippen LogP contribution in [-0.4, -0.2) is 56.3 Å². The number of rotatable bonds is 5. The number of piperidine rings is 1. The smallest absolute Gasteiger partial charge is 0.225 e. The minimum atomic E-state index is 0.0658. The number of hydrogen-bond donors (Lipinski definition) is 1. The zero-order valence-electron chi connectivity index (χ0n) is 18.7. The molecule has 1 amide bonds. The molecule has 1 aliphatic carbocycles. The first-order valence-corrected chi connectivity index (χ1v) is 11.2. The van der Waals surface area contributed by atoms with Gasteiger partial charge in [0.25, 0.3) is 0 Å². The Morgan fingerprint density at radius 3 is 2.58 bits per heavy atom. The van der Waals surface area contributed by atoms with Crippen molar-refractivity contribution in [3.63, 3.8) is 0 Å². The Labute approximate surface area is 183 Å². The van der Waals surface area contributed by atoms with Gasteiger partial charge < -0.3 is 24.8 Å². The highest BCUT2D eigenvalue weighted by molar-refractivity contribution is 5.86. The van der Waals surface area contributed by atoms with Gasteiger partial charge in [-0.2, -0.15) is 0 Å². The van der Waals surface area contributed by atoms with Crippen molar-refractivity contribution >= 4 is 22.5 Å². The molecule has 2 fully saturated rings. The summed E-state index contributed by atoms with van der Waals surface area (Å²) < 4.78 is 16.4. The number of ether oxygens (including phenoxy) is 3. The maximum absolute atomic E-state index is 13.2. The molecule has 2 aromatic rings. The Bertz CT molecular complexity index is 948. The number of amides is 1. The molecule has 2 aliphatic rings. The van der Waals surface area contributed by atoms with Crippen LogP contribution in [0.25, 0.3) is 10.9 Å². The number of fused-ring (bicyclic) bond motifs is 1. The summed E-state index contributed by atoms with van der Waals surface area (Å²) in [6.45, 7) is 1.48. The van der Waals surface area contributed by atoms with Crippen LogP contribution in [-0.2, 0) is 9.53 Å². The minimum absolute atomic E-state index is 0.0658. The van der Waals surface area contributed by atoms with Gasteiger partial charge in [-0.15, -0.1) is 0 Å². The van der Waals surface area contributed by atoms with Gasteiger partial charge in [-0.3, -0.25) is 9.78 Å². The molecule has 1 saturated carbocycles. The second-order valence-electron chi connectivity index (χ2n) is 8.71. The van der Waals surface area contributed by atoms with E-state index in [0.717, 1.165) is 61.7 Å². The van der Waals surface area contributed by atoms with Crippen LogP contribution in [0.5, 0.6) is 11.5 Å². The van der Waals surface area contributed by atoms with E-state index >= 15 is 0 Å². The Kier molecular flexibility index (Phi) is 6.51. The fraction of sp³-hybridized carbons (Fsp3) is 0.583.